The molecule has 3 aromatic rings. The van der Waals surface area contributed by atoms with Crippen molar-refractivity contribution >= 4 is 39.7 Å². The van der Waals surface area contributed by atoms with Gasteiger partial charge in [-0.2, -0.15) is 0 Å². The number of carbonyl (C=O) groups is 3. The van der Waals surface area contributed by atoms with E-state index in [4.69, 9.17) is 0 Å². The highest BCUT2D eigenvalue weighted by molar-refractivity contribution is 7.18. The molecule has 1 amide bonds. The molecule has 4 rings (SSSR count). The van der Waals surface area contributed by atoms with Gasteiger partial charge >= 0.3 is 5.91 Å². The first-order valence-electron chi connectivity index (χ1n) is 9.97. The predicted octanol–water partition coefficient (Wildman–Crippen LogP) is 4.29. The van der Waals surface area contributed by atoms with Gasteiger partial charge in [0.1, 0.15) is 5.76 Å². The third-order valence-corrected chi connectivity index (χ3v) is 6.66. The van der Waals surface area contributed by atoms with Crippen LogP contribution in [0.3, 0.4) is 0 Å². The van der Waals surface area contributed by atoms with Crippen molar-refractivity contribution in [3.8, 4) is 0 Å². The molecule has 1 atom stereocenters. The Morgan fingerprint density at radius 3 is 2.53 bits per heavy atom. The first kappa shape index (κ1) is 21.6. The normalized spacial score (nSPS) is 17.8. The van der Waals surface area contributed by atoms with Crippen molar-refractivity contribution in [2.45, 2.75) is 33.7 Å². The molecule has 1 aromatic carbocycles. The van der Waals surface area contributed by atoms with E-state index in [1.807, 2.05) is 26.0 Å². The summed E-state index contributed by atoms with van der Waals surface area (Å²) in [5, 5.41) is 11.5. The summed E-state index contributed by atoms with van der Waals surface area (Å²) in [5.41, 5.74) is 3.17. The molecule has 2 aromatic heterocycles. The van der Waals surface area contributed by atoms with E-state index in [-0.39, 0.29) is 22.2 Å². The van der Waals surface area contributed by atoms with Crippen LogP contribution in [-0.4, -0.2) is 32.5 Å². The Bertz CT molecular complexity index is 1290. The Balaban J connectivity index is 1.97. The summed E-state index contributed by atoms with van der Waals surface area (Å²) in [6.45, 7) is 6.82. The fraction of sp³-hybridized carbons (Fsp3) is 0.208. The lowest BCUT2D eigenvalue weighted by molar-refractivity contribution is -0.132. The number of carbonyl (C=O) groups excluding carboxylic acids is 3. The van der Waals surface area contributed by atoms with Crippen LogP contribution in [0.2, 0.25) is 0 Å². The van der Waals surface area contributed by atoms with Crippen molar-refractivity contribution in [2.75, 3.05) is 4.90 Å². The van der Waals surface area contributed by atoms with Crippen LogP contribution >= 0.6 is 11.3 Å². The third kappa shape index (κ3) is 3.52. The Hall–Kier alpha value is -3.65. The second-order valence-electron chi connectivity index (χ2n) is 7.74. The lowest BCUT2D eigenvalue weighted by Crippen LogP contribution is -2.29. The average Bonchev–Trinajstić information content (AvgIpc) is 3.27. The molecule has 0 spiro atoms. The molecule has 1 unspecified atom stereocenters. The van der Waals surface area contributed by atoms with Crippen molar-refractivity contribution in [1.29, 1.82) is 0 Å². The molecule has 0 saturated carbocycles. The minimum absolute atomic E-state index is 0.0334. The van der Waals surface area contributed by atoms with E-state index >= 15 is 0 Å². The van der Waals surface area contributed by atoms with Crippen LogP contribution in [0.4, 0.5) is 5.13 Å². The van der Waals surface area contributed by atoms with E-state index in [0.29, 0.717) is 21.7 Å². The first-order valence-corrected chi connectivity index (χ1v) is 10.8. The van der Waals surface area contributed by atoms with Crippen molar-refractivity contribution in [3.63, 3.8) is 0 Å². The van der Waals surface area contributed by atoms with Gasteiger partial charge in [-0.3, -0.25) is 24.3 Å². The van der Waals surface area contributed by atoms with Gasteiger partial charge in [-0.25, -0.2) is 4.98 Å². The zero-order valence-corrected chi connectivity index (χ0v) is 18.9. The number of pyridine rings is 1. The van der Waals surface area contributed by atoms with Gasteiger partial charge in [0, 0.05) is 24.9 Å². The van der Waals surface area contributed by atoms with Crippen molar-refractivity contribution < 1.29 is 19.5 Å². The van der Waals surface area contributed by atoms with Crippen LogP contribution in [0.15, 0.2) is 48.3 Å². The molecule has 1 aliphatic rings. The number of aromatic nitrogens is 2. The van der Waals surface area contributed by atoms with E-state index in [1.54, 1.807) is 37.5 Å². The maximum Gasteiger partial charge on any atom is 0.301 e. The van der Waals surface area contributed by atoms with Gasteiger partial charge in [-0.05, 0) is 44.0 Å². The molecule has 162 valence electrons. The van der Waals surface area contributed by atoms with Crippen LogP contribution in [0.25, 0.3) is 5.76 Å². The highest BCUT2D eigenvalue weighted by atomic mass is 32.1. The lowest BCUT2D eigenvalue weighted by Gasteiger charge is -2.22. The molecule has 8 heteroatoms. The fourth-order valence-electron chi connectivity index (χ4n) is 3.83. The van der Waals surface area contributed by atoms with Gasteiger partial charge in [0.05, 0.1) is 22.2 Å². The fourth-order valence-corrected chi connectivity index (χ4v) is 4.82. The molecule has 0 bridgehead atoms. The second-order valence-corrected chi connectivity index (χ2v) is 8.72. The summed E-state index contributed by atoms with van der Waals surface area (Å²) < 4.78 is 0. The first-order chi connectivity index (χ1) is 15.2. The molecule has 3 heterocycles. The molecular formula is C24H21N3O4S. The van der Waals surface area contributed by atoms with Crippen LogP contribution in [0.5, 0.6) is 0 Å². The highest BCUT2D eigenvalue weighted by Gasteiger charge is 2.48. The van der Waals surface area contributed by atoms with Crippen molar-refractivity contribution in [2.24, 2.45) is 0 Å². The Morgan fingerprint density at radius 1 is 1.16 bits per heavy atom. The van der Waals surface area contributed by atoms with E-state index in [0.717, 1.165) is 22.5 Å². The maximum atomic E-state index is 13.2. The lowest BCUT2D eigenvalue weighted by atomic mass is 9.94. The van der Waals surface area contributed by atoms with Crippen LogP contribution in [-0.2, 0) is 9.59 Å². The molecule has 32 heavy (non-hydrogen) atoms. The third-order valence-electron chi connectivity index (χ3n) is 5.40. The number of amides is 1. The standard InChI is InChI=1S/C24H21N3O4S/c1-12-7-8-13(2)17(10-12)20(29)18-19(16-6-5-9-25-11-16)27(23(31)21(18)30)24-26-14(3)22(32-24)15(4)28/h5-11,19,29H,1-4H3. The smallest absolute Gasteiger partial charge is 0.301 e. The van der Waals surface area contributed by atoms with E-state index in [2.05, 4.69) is 9.97 Å². The number of aliphatic hydroxyl groups excluding tert-OH is 1. The summed E-state index contributed by atoms with van der Waals surface area (Å²) in [5.74, 6) is -2.04. The van der Waals surface area contributed by atoms with Crippen LogP contribution in [0.1, 0.15) is 50.6 Å². The van der Waals surface area contributed by atoms with Gasteiger partial charge in [0.15, 0.2) is 10.9 Å². The number of Topliss-reactive ketones (excluding diaryl/α,β-unsaturated/α-hetero) is 2. The zero-order chi connectivity index (χ0) is 23.2. The van der Waals surface area contributed by atoms with Crippen LogP contribution in [0, 0.1) is 20.8 Å². The molecule has 0 radical (unpaired) electrons. The zero-order valence-electron chi connectivity index (χ0n) is 18.0. The van der Waals surface area contributed by atoms with Crippen molar-refractivity contribution in [3.05, 3.63) is 81.1 Å². The maximum absolute atomic E-state index is 13.2. The molecule has 1 aliphatic heterocycles. The van der Waals surface area contributed by atoms with Gasteiger partial charge in [0.25, 0.3) is 5.78 Å². The molecule has 0 aliphatic carbocycles. The van der Waals surface area contributed by atoms with Crippen molar-refractivity contribution in [1.82, 2.24) is 9.97 Å². The summed E-state index contributed by atoms with van der Waals surface area (Å²) in [6, 6.07) is 8.04. The topological polar surface area (TPSA) is 100 Å². The number of aliphatic hydroxyl groups is 1. The minimum Gasteiger partial charge on any atom is -0.507 e. The largest absolute Gasteiger partial charge is 0.507 e. The Kier molecular flexibility index (Phi) is 5.48. The molecular weight excluding hydrogens is 426 g/mol. The SMILES string of the molecule is CC(=O)c1sc(N2C(=O)C(=O)C(=C(O)c3cc(C)ccc3C)C2c2cccnc2)nc1C. The summed E-state index contributed by atoms with van der Waals surface area (Å²) in [6.07, 6.45) is 3.13. The van der Waals surface area contributed by atoms with Gasteiger partial charge < -0.3 is 5.11 Å². The average molecular weight is 448 g/mol. The van der Waals surface area contributed by atoms with Gasteiger partial charge in [-0.1, -0.05) is 35.1 Å². The van der Waals surface area contributed by atoms with E-state index < -0.39 is 17.7 Å². The quantitative estimate of drug-likeness (QED) is 0.277. The van der Waals surface area contributed by atoms with E-state index in [1.165, 1.54) is 11.8 Å². The summed E-state index contributed by atoms with van der Waals surface area (Å²) in [4.78, 5) is 48.5. The number of hydrogen-bond donors (Lipinski definition) is 1. The minimum atomic E-state index is -0.922. The number of thiazole rings is 1. The van der Waals surface area contributed by atoms with Crippen LogP contribution < -0.4 is 4.90 Å². The van der Waals surface area contributed by atoms with E-state index in [9.17, 15) is 19.5 Å². The highest BCUT2D eigenvalue weighted by Crippen LogP contribution is 2.44. The summed E-state index contributed by atoms with van der Waals surface area (Å²) in [7, 11) is 0. The number of benzene rings is 1. The number of nitrogens with zero attached hydrogens (tertiary/aromatic N) is 3. The number of anilines is 1. The second kappa shape index (κ2) is 8.12. The molecule has 7 nitrogen and oxygen atoms in total. The molecule has 1 N–H and O–H groups in total. The monoisotopic (exact) mass is 447 g/mol. The number of aryl methyl sites for hydroxylation is 3. The van der Waals surface area contributed by atoms with Gasteiger partial charge in [-0.15, -0.1) is 0 Å². The number of rotatable bonds is 4. The Morgan fingerprint density at radius 2 is 1.91 bits per heavy atom. The predicted molar refractivity (Wildman–Crippen MR) is 122 cm³/mol. The number of hydrogen-bond acceptors (Lipinski definition) is 7. The molecule has 1 fully saturated rings. The van der Waals surface area contributed by atoms with Gasteiger partial charge in [0.2, 0.25) is 0 Å². The summed E-state index contributed by atoms with van der Waals surface area (Å²) >= 11 is 1.05. The number of ketones is 2. The Labute approximate surface area is 189 Å². The molecule has 1 saturated heterocycles.